The van der Waals surface area contributed by atoms with E-state index in [0.717, 1.165) is 0 Å². The van der Waals surface area contributed by atoms with Crippen LogP contribution in [0.4, 0.5) is 11.4 Å². The lowest BCUT2D eigenvalue weighted by atomic mass is 10.1. The molecule has 0 unspecified atom stereocenters. The van der Waals surface area contributed by atoms with Crippen molar-refractivity contribution >= 4 is 37.3 Å². The lowest BCUT2D eigenvalue weighted by Crippen LogP contribution is -2.27. The van der Waals surface area contributed by atoms with Crippen molar-refractivity contribution in [2.24, 2.45) is 0 Å². The van der Waals surface area contributed by atoms with Gasteiger partial charge in [0.15, 0.2) is 0 Å². The number of benzene rings is 2. The number of nitrogens with one attached hydrogen (secondary N) is 3. The maximum Gasteiger partial charge on any atom is 0.255 e. The number of carbonyl (C=O) groups excluding carboxylic acids is 1. The molecule has 11 heteroatoms. The molecule has 0 aromatic heterocycles. The minimum absolute atomic E-state index is 0.00138. The highest BCUT2D eigenvalue weighted by molar-refractivity contribution is 7.92. The van der Waals surface area contributed by atoms with Gasteiger partial charge in [-0.15, -0.1) is 0 Å². The third-order valence-electron chi connectivity index (χ3n) is 4.35. The Morgan fingerprint density at radius 1 is 1.00 bits per heavy atom. The number of methoxy groups -OCH3 is 1. The van der Waals surface area contributed by atoms with Crippen LogP contribution in [0.5, 0.6) is 0 Å². The van der Waals surface area contributed by atoms with E-state index in [1.807, 2.05) is 0 Å². The van der Waals surface area contributed by atoms with Gasteiger partial charge in [-0.05, 0) is 55.3 Å². The van der Waals surface area contributed by atoms with Gasteiger partial charge in [0.25, 0.3) is 5.91 Å². The van der Waals surface area contributed by atoms with Gasteiger partial charge in [0.05, 0.1) is 22.9 Å². The fourth-order valence-corrected chi connectivity index (χ4v) is 4.92. The van der Waals surface area contributed by atoms with Crippen LogP contribution in [0.1, 0.15) is 29.3 Å². The molecule has 0 radical (unpaired) electrons. The lowest BCUT2D eigenvalue weighted by Gasteiger charge is -2.14. The second kappa shape index (κ2) is 10.7. The van der Waals surface area contributed by atoms with Crippen molar-refractivity contribution < 1.29 is 26.4 Å². The zero-order valence-electron chi connectivity index (χ0n) is 17.6. The van der Waals surface area contributed by atoms with Crippen LogP contribution in [0.15, 0.2) is 47.4 Å². The van der Waals surface area contributed by atoms with Crippen molar-refractivity contribution in [1.29, 1.82) is 0 Å². The van der Waals surface area contributed by atoms with Crippen molar-refractivity contribution in [2.75, 3.05) is 36.1 Å². The summed E-state index contributed by atoms with van der Waals surface area (Å²) in [5, 5.41) is 2.73. The summed E-state index contributed by atoms with van der Waals surface area (Å²) in [6, 6.07) is 10.4. The highest BCUT2D eigenvalue weighted by atomic mass is 32.2. The molecule has 1 amide bonds. The Balaban J connectivity index is 2.14. The summed E-state index contributed by atoms with van der Waals surface area (Å²) in [4.78, 5) is 12.6. The Bertz CT molecular complexity index is 1110. The van der Waals surface area contributed by atoms with Crippen LogP contribution in [0.2, 0.25) is 0 Å². The second-order valence-corrected chi connectivity index (χ2v) is 10.4. The molecule has 2 aromatic carbocycles. The van der Waals surface area contributed by atoms with Crippen LogP contribution < -0.4 is 14.8 Å². The molecular weight excluding hydrogens is 442 g/mol. The first kappa shape index (κ1) is 24.8. The van der Waals surface area contributed by atoms with Gasteiger partial charge in [0.1, 0.15) is 0 Å². The smallest absolute Gasteiger partial charge is 0.255 e. The Morgan fingerprint density at radius 2 is 1.65 bits per heavy atom. The number of hydrogen-bond donors (Lipinski definition) is 3. The highest BCUT2D eigenvalue weighted by Gasteiger charge is 2.16. The van der Waals surface area contributed by atoms with E-state index >= 15 is 0 Å². The molecule has 0 saturated heterocycles. The van der Waals surface area contributed by atoms with Crippen LogP contribution in [0, 0.1) is 6.92 Å². The van der Waals surface area contributed by atoms with E-state index in [2.05, 4.69) is 14.8 Å². The Morgan fingerprint density at radius 3 is 2.26 bits per heavy atom. The van der Waals surface area contributed by atoms with Crippen molar-refractivity contribution in [2.45, 2.75) is 25.2 Å². The molecular formula is C20H27N3O6S2. The fraction of sp³-hybridized carbons (Fsp3) is 0.350. The molecule has 0 spiro atoms. The van der Waals surface area contributed by atoms with Crippen molar-refractivity contribution in [1.82, 2.24) is 4.72 Å². The topological polar surface area (TPSA) is 131 Å². The molecule has 0 aliphatic carbocycles. The summed E-state index contributed by atoms with van der Waals surface area (Å²) < 4.78 is 58.2. The fourth-order valence-electron chi connectivity index (χ4n) is 2.71. The Kier molecular flexibility index (Phi) is 8.57. The SMILES string of the molecule is CCCS(=O)(=O)Nc1cccc(NC(=O)c2ccc(S(=O)(=O)NCCOC)cc2)c1C. The van der Waals surface area contributed by atoms with E-state index in [1.165, 1.54) is 31.4 Å². The van der Waals surface area contributed by atoms with Crippen LogP contribution in [0.25, 0.3) is 0 Å². The number of anilines is 2. The molecule has 0 heterocycles. The van der Waals surface area contributed by atoms with E-state index in [4.69, 9.17) is 4.74 Å². The lowest BCUT2D eigenvalue weighted by molar-refractivity contribution is 0.102. The summed E-state index contributed by atoms with van der Waals surface area (Å²) in [7, 11) is -5.69. The average molecular weight is 470 g/mol. The summed E-state index contributed by atoms with van der Waals surface area (Å²) in [6.45, 7) is 3.85. The highest BCUT2D eigenvalue weighted by Crippen LogP contribution is 2.25. The first-order valence-electron chi connectivity index (χ1n) is 9.59. The predicted molar refractivity (Wildman–Crippen MR) is 120 cm³/mol. The molecule has 0 atom stereocenters. The van der Waals surface area contributed by atoms with Gasteiger partial charge in [-0.3, -0.25) is 9.52 Å². The molecule has 0 saturated carbocycles. The third-order valence-corrected chi connectivity index (χ3v) is 7.30. The third kappa shape index (κ3) is 7.03. The van der Waals surface area contributed by atoms with E-state index < -0.39 is 26.0 Å². The molecule has 9 nitrogen and oxygen atoms in total. The zero-order valence-corrected chi connectivity index (χ0v) is 19.3. The number of hydrogen-bond acceptors (Lipinski definition) is 6. The zero-order chi connectivity index (χ0) is 23.1. The summed E-state index contributed by atoms with van der Waals surface area (Å²) in [5.74, 6) is -0.452. The van der Waals surface area contributed by atoms with Crippen LogP contribution in [0.3, 0.4) is 0 Å². The second-order valence-electron chi connectivity index (χ2n) is 6.77. The predicted octanol–water partition coefficient (Wildman–Crippen LogP) is 2.32. The first-order valence-corrected chi connectivity index (χ1v) is 12.7. The van der Waals surface area contributed by atoms with Crippen LogP contribution in [-0.2, 0) is 24.8 Å². The molecule has 0 aliphatic rings. The Labute approximate surface area is 183 Å². The minimum atomic E-state index is -3.70. The van der Waals surface area contributed by atoms with Gasteiger partial charge in [0.2, 0.25) is 20.0 Å². The number of rotatable bonds is 11. The summed E-state index contributed by atoms with van der Waals surface area (Å²) in [6.07, 6.45) is 0.485. The number of ether oxygens (including phenoxy) is 1. The molecule has 0 fully saturated rings. The van der Waals surface area contributed by atoms with Crippen molar-refractivity contribution in [3.63, 3.8) is 0 Å². The maximum absolute atomic E-state index is 12.6. The van der Waals surface area contributed by atoms with E-state index in [-0.39, 0.29) is 29.4 Å². The van der Waals surface area contributed by atoms with Gasteiger partial charge in [-0.2, -0.15) is 0 Å². The average Bonchev–Trinajstić information content (AvgIpc) is 2.71. The number of amides is 1. The monoisotopic (exact) mass is 469 g/mol. The maximum atomic E-state index is 12.6. The largest absolute Gasteiger partial charge is 0.383 e. The van der Waals surface area contributed by atoms with Gasteiger partial charge in [-0.1, -0.05) is 13.0 Å². The molecule has 2 aromatic rings. The molecule has 2 rings (SSSR count). The molecule has 31 heavy (non-hydrogen) atoms. The molecule has 0 aliphatic heterocycles. The summed E-state index contributed by atoms with van der Waals surface area (Å²) >= 11 is 0. The Hall–Kier alpha value is -2.47. The van der Waals surface area contributed by atoms with Gasteiger partial charge >= 0.3 is 0 Å². The van der Waals surface area contributed by atoms with Gasteiger partial charge in [-0.25, -0.2) is 21.6 Å². The number of sulfonamides is 2. The molecule has 170 valence electrons. The number of carbonyl (C=O) groups is 1. The van der Waals surface area contributed by atoms with Crippen molar-refractivity contribution in [3.8, 4) is 0 Å². The van der Waals surface area contributed by atoms with E-state index in [1.54, 1.807) is 32.0 Å². The summed E-state index contributed by atoms with van der Waals surface area (Å²) in [5.41, 5.74) is 1.65. The van der Waals surface area contributed by atoms with Crippen LogP contribution >= 0.6 is 0 Å². The van der Waals surface area contributed by atoms with E-state index in [9.17, 15) is 21.6 Å². The normalized spacial score (nSPS) is 11.8. The van der Waals surface area contributed by atoms with E-state index in [0.29, 0.717) is 23.4 Å². The first-order chi connectivity index (χ1) is 14.6. The van der Waals surface area contributed by atoms with Crippen LogP contribution in [-0.4, -0.2) is 48.8 Å². The quantitative estimate of drug-likeness (QED) is 0.433. The minimum Gasteiger partial charge on any atom is -0.383 e. The van der Waals surface area contributed by atoms with Gasteiger partial charge in [0, 0.05) is 24.9 Å². The standard InChI is InChI=1S/C20H27N3O6S2/c1-4-14-30(25,26)23-19-7-5-6-18(15(19)2)22-20(24)16-8-10-17(11-9-16)31(27,28)21-12-13-29-3/h5-11,21,23H,4,12-14H2,1-3H3,(H,22,24). The van der Waals surface area contributed by atoms with Gasteiger partial charge < -0.3 is 10.1 Å². The molecule has 0 bridgehead atoms. The van der Waals surface area contributed by atoms with Crippen molar-refractivity contribution in [3.05, 3.63) is 53.6 Å². The molecule has 3 N–H and O–H groups in total.